The number of aromatic nitrogens is 1. The van der Waals surface area contributed by atoms with E-state index in [-0.39, 0.29) is 33.6 Å². The number of methoxy groups -OCH3 is 1. The van der Waals surface area contributed by atoms with Crippen LogP contribution >= 0.6 is 24.0 Å². The first-order valence-electron chi connectivity index (χ1n) is 8.09. The minimum Gasteiger partial charge on any atom is -0.494 e. The number of ether oxygens (including phenoxy) is 1. The van der Waals surface area contributed by atoms with E-state index < -0.39 is 15.8 Å². The topological polar surface area (TPSA) is 60.3 Å². The van der Waals surface area contributed by atoms with Gasteiger partial charge in [0.25, 0.3) is 10.0 Å². The van der Waals surface area contributed by atoms with Gasteiger partial charge in [-0.25, -0.2) is 16.8 Å². The molecule has 2 aromatic carbocycles. The van der Waals surface area contributed by atoms with Crippen molar-refractivity contribution in [3.05, 3.63) is 71.1 Å². The number of nitrogens with one attached hydrogen (secondary N) is 1. The molecule has 1 heterocycles. The summed E-state index contributed by atoms with van der Waals surface area (Å²) in [4.78, 5) is 0.00116. The Morgan fingerprint density at radius 3 is 2.50 bits per heavy atom. The van der Waals surface area contributed by atoms with Crippen molar-refractivity contribution in [1.82, 2.24) is 9.29 Å². The van der Waals surface area contributed by atoms with E-state index in [1.807, 2.05) is 0 Å². The summed E-state index contributed by atoms with van der Waals surface area (Å²) in [6, 6.07) is 11.9. The summed E-state index contributed by atoms with van der Waals surface area (Å²) in [5, 5.41) is 3.25. The van der Waals surface area contributed by atoms with Gasteiger partial charge >= 0.3 is 0 Å². The molecule has 1 aromatic heterocycles. The van der Waals surface area contributed by atoms with Gasteiger partial charge in [-0.05, 0) is 37.4 Å². The van der Waals surface area contributed by atoms with Crippen molar-refractivity contribution in [3.63, 3.8) is 0 Å². The second kappa shape index (κ2) is 8.96. The highest BCUT2D eigenvalue weighted by Crippen LogP contribution is 2.38. The van der Waals surface area contributed by atoms with Crippen molar-refractivity contribution in [1.29, 1.82) is 0 Å². The van der Waals surface area contributed by atoms with Crippen molar-refractivity contribution in [2.45, 2.75) is 11.4 Å². The first kappa shape index (κ1) is 22.2. The molecule has 0 saturated heterocycles. The summed E-state index contributed by atoms with van der Waals surface area (Å²) in [7, 11) is -0.876. The zero-order valence-corrected chi connectivity index (χ0v) is 17.5. The molecule has 5 nitrogen and oxygen atoms in total. The first-order valence-corrected chi connectivity index (χ1v) is 9.90. The highest BCUT2D eigenvalue weighted by molar-refractivity contribution is 7.90. The Kier molecular flexibility index (Phi) is 7.11. The van der Waals surface area contributed by atoms with Crippen LogP contribution in [-0.4, -0.2) is 26.5 Å². The number of halogens is 3. The van der Waals surface area contributed by atoms with Crippen molar-refractivity contribution in [2.24, 2.45) is 0 Å². The Bertz CT molecular complexity index is 1080. The SMILES string of the molecule is CNCc1cn(S(=O)(=O)c2cccc(Cl)c2)c(-c2ccccc2F)c1OC.Cl. The molecule has 0 fully saturated rings. The summed E-state index contributed by atoms with van der Waals surface area (Å²) in [6.45, 7) is 0.350. The second-order valence-electron chi connectivity index (χ2n) is 5.80. The predicted octanol–water partition coefficient (Wildman–Crippen LogP) is 4.33. The average Bonchev–Trinajstić information content (AvgIpc) is 3.01. The van der Waals surface area contributed by atoms with Crippen LogP contribution in [0.2, 0.25) is 5.02 Å². The number of benzene rings is 2. The number of nitrogens with zero attached hydrogens (tertiary/aromatic N) is 1. The van der Waals surface area contributed by atoms with Gasteiger partial charge in [0.15, 0.2) is 0 Å². The molecule has 3 rings (SSSR count). The molecule has 0 aliphatic heterocycles. The van der Waals surface area contributed by atoms with E-state index in [9.17, 15) is 12.8 Å². The van der Waals surface area contributed by atoms with Crippen molar-refractivity contribution < 1.29 is 17.5 Å². The lowest BCUT2D eigenvalue weighted by atomic mass is 10.1. The molecule has 3 aromatic rings. The fourth-order valence-corrected chi connectivity index (χ4v) is 4.58. The van der Waals surface area contributed by atoms with Crippen molar-refractivity contribution in [3.8, 4) is 17.0 Å². The van der Waals surface area contributed by atoms with Gasteiger partial charge in [-0.2, -0.15) is 0 Å². The van der Waals surface area contributed by atoms with Crippen LogP contribution in [0.4, 0.5) is 4.39 Å². The molecule has 9 heteroatoms. The molecule has 0 atom stereocenters. The molecule has 1 N–H and O–H groups in total. The van der Waals surface area contributed by atoms with Crippen LogP contribution in [0.25, 0.3) is 11.3 Å². The monoisotopic (exact) mass is 444 g/mol. The van der Waals surface area contributed by atoms with Crippen LogP contribution in [0.3, 0.4) is 0 Å². The average molecular weight is 445 g/mol. The zero-order chi connectivity index (χ0) is 19.6. The fourth-order valence-electron chi connectivity index (χ4n) is 2.89. The Morgan fingerprint density at radius 2 is 1.89 bits per heavy atom. The van der Waals surface area contributed by atoms with Crippen LogP contribution in [0.5, 0.6) is 5.75 Å². The lowest BCUT2D eigenvalue weighted by Crippen LogP contribution is -2.14. The van der Waals surface area contributed by atoms with E-state index >= 15 is 0 Å². The summed E-state index contributed by atoms with van der Waals surface area (Å²) in [6.07, 6.45) is 1.44. The normalized spacial score (nSPS) is 11.1. The lowest BCUT2D eigenvalue weighted by molar-refractivity contribution is 0.411. The number of hydrogen-bond acceptors (Lipinski definition) is 4. The molecule has 0 spiro atoms. The van der Waals surface area contributed by atoms with Crippen molar-refractivity contribution in [2.75, 3.05) is 14.2 Å². The molecular formula is C19H19Cl2FN2O3S. The van der Waals surface area contributed by atoms with Gasteiger partial charge in [-0.15, -0.1) is 12.4 Å². The molecule has 0 bridgehead atoms. The fraction of sp³-hybridized carbons (Fsp3) is 0.158. The molecule has 28 heavy (non-hydrogen) atoms. The highest BCUT2D eigenvalue weighted by atomic mass is 35.5. The van der Waals surface area contributed by atoms with Crippen LogP contribution in [0.1, 0.15) is 5.56 Å². The minimum absolute atomic E-state index is 0. The molecule has 0 saturated carbocycles. The van der Waals surface area contributed by atoms with Crippen LogP contribution in [0, 0.1) is 5.82 Å². The highest BCUT2D eigenvalue weighted by Gasteiger charge is 2.28. The molecule has 150 valence electrons. The Hall–Kier alpha value is -2.06. The van der Waals surface area contributed by atoms with Gasteiger partial charge in [-0.1, -0.05) is 29.8 Å². The second-order valence-corrected chi connectivity index (χ2v) is 8.06. The van der Waals surface area contributed by atoms with Gasteiger partial charge in [0.2, 0.25) is 0 Å². The van der Waals surface area contributed by atoms with Crippen LogP contribution < -0.4 is 10.1 Å². The predicted molar refractivity (Wildman–Crippen MR) is 110 cm³/mol. The third-order valence-corrected chi connectivity index (χ3v) is 5.94. The maximum Gasteiger partial charge on any atom is 0.268 e. The summed E-state index contributed by atoms with van der Waals surface area (Å²) >= 11 is 5.97. The summed E-state index contributed by atoms with van der Waals surface area (Å²) < 4.78 is 47.6. The third kappa shape index (κ3) is 4.03. The van der Waals surface area contributed by atoms with Gasteiger partial charge in [0.05, 0.1) is 12.0 Å². The molecule has 0 aliphatic rings. The maximum atomic E-state index is 14.5. The zero-order valence-electron chi connectivity index (χ0n) is 15.1. The molecular weight excluding hydrogens is 426 g/mol. The van der Waals surface area contributed by atoms with E-state index in [0.717, 1.165) is 3.97 Å². The van der Waals surface area contributed by atoms with Gasteiger partial charge < -0.3 is 10.1 Å². The van der Waals surface area contributed by atoms with Gasteiger partial charge in [-0.3, -0.25) is 0 Å². The first-order chi connectivity index (χ1) is 12.9. The molecule has 0 amide bonds. The Balaban J connectivity index is 0.00000280. The standard InChI is InChI=1S/C19H18ClFN2O3S.ClH/c1-22-11-13-12-23(27(24,25)15-7-5-6-14(20)10-15)18(19(13)26-2)16-8-3-4-9-17(16)21;/h3-10,12,22H,11H2,1-2H3;1H. The van der Waals surface area contributed by atoms with E-state index in [1.165, 1.54) is 37.6 Å². The summed E-state index contributed by atoms with van der Waals surface area (Å²) in [5.74, 6) is -0.257. The van der Waals surface area contributed by atoms with E-state index in [4.69, 9.17) is 16.3 Å². The molecule has 0 radical (unpaired) electrons. The maximum absolute atomic E-state index is 14.5. The number of rotatable bonds is 6. The molecule has 0 aliphatic carbocycles. The van der Waals surface area contributed by atoms with Crippen LogP contribution in [-0.2, 0) is 16.6 Å². The van der Waals surface area contributed by atoms with Crippen LogP contribution in [0.15, 0.2) is 59.6 Å². The van der Waals surface area contributed by atoms with Crippen molar-refractivity contribution >= 4 is 34.0 Å². The van der Waals surface area contributed by atoms with Gasteiger partial charge in [0, 0.05) is 28.9 Å². The largest absolute Gasteiger partial charge is 0.494 e. The minimum atomic E-state index is -4.03. The smallest absolute Gasteiger partial charge is 0.268 e. The van der Waals surface area contributed by atoms with E-state index in [1.54, 1.807) is 31.3 Å². The third-order valence-electron chi connectivity index (χ3n) is 4.05. The quantitative estimate of drug-likeness (QED) is 0.614. The summed E-state index contributed by atoms with van der Waals surface area (Å²) in [5.41, 5.74) is 0.840. The van der Waals surface area contributed by atoms with Gasteiger partial charge in [0.1, 0.15) is 17.3 Å². The Labute approximate surface area is 174 Å². The Morgan fingerprint density at radius 1 is 1.18 bits per heavy atom. The van der Waals surface area contributed by atoms with E-state index in [2.05, 4.69) is 5.32 Å². The number of hydrogen-bond donors (Lipinski definition) is 1. The lowest BCUT2D eigenvalue weighted by Gasteiger charge is -2.13. The molecule has 0 unspecified atom stereocenters. The van der Waals surface area contributed by atoms with E-state index in [0.29, 0.717) is 17.9 Å².